The van der Waals surface area contributed by atoms with E-state index in [1.807, 2.05) is 0 Å². The smallest absolute Gasteiger partial charge is 0.306 e. The quantitative estimate of drug-likeness (QED) is 0.0321. The molecule has 1 amide bonds. The molecule has 64 heavy (non-hydrogen) atoms. The van der Waals surface area contributed by atoms with E-state index in [9.17, 15) is 19.8 Å². The Balaban J connectivity index is 4.56. The molecule has 0 bridgehead atoms. The molecule has 0 fully saturated rings. The fourth-order valence-corrected chi connectivity index (χ4v) is 8.44. The van der Waals surface area contributed by atoms with Crippen molar-refractivity contribution in [1.82, 2.24) is 5.32 Å². The molecule has 0 aromatic carbocycles. The zero-order chi connectivity index (χ0) is 46.7. The number of hydrogen-bond donors (Lipinski definition) is 3. The highest BCUT2D eigenvalue weighted by Gasteiger charge is 2.24. The maximum atomic E-state index is 13.2. The highest BCUT2D eigenvalue weighted by Crippen LogP contribution is 2.18. The van der Waals surface area contributed by atoms with Crippen molar-refractivity contribution in [3.05, 3.63) is 48.6 Å². The summed E-state index contributed by atoms with van der Waals surface area (Å²) in [5, 5.41) is 23.9. The number of aliphatic hydroxyl groups excluding tert-OH is 2. The first-order valence-corrected chi connectivity index (χ1v) is 27.9. The number of nitrogens with one attached hydrogen (secondary N) is 1. The number of amides is 1. The number of allylic oxidation sites excluding steroid dienone is 8. The highest BCUT2D eigenvalue weighted by molar-refractivity contribution is 5.77. The number of aliphatic hydroxyl groups is 2. The van der Waals surface area contributed by atoms with Gasteiger partial charge in [-0.05, 0) is 83.5 Å². The van der Waals surface area contributed by atoms with E-state index in [4.69, 9.17) is 4.74 Å². The summed E-state index contributed by atoms with van der Waals surface area (Å²) in [6.45, 7) is 6.38. The number of rotatable bonds is 50. The topological polar surface area (TPSA) is 95.9 Å². The monoisotopic (exact) mass is 898 g/mol. The zero-order valence-corrected chi connectivity index (χ0v) is 42.7. The predicted molar refractivity (Wildman–Crippen MR) is 278 cm³/mol. The number of hydrogen-bond acceptors (Lipinski definition) is 5. The van der Waals surface area contributed by atoms with Crippen LogP contribution in [0.5, 0.6) is 0 Å². The lowest BCUT2D eigenvalue weighted by molar-refractivity contribution is -0.151. The Labute approximate surface area is 397 Å². The summed E-state index contributed by atoms with van der Waals surface area (Å²) < 4.78 is 5.94. The fraction of sp³-hybridized carbons (Fsp3) is 0.828. The SMILES string of the molecule is CC/C=C/C/C=C/C/C=C/CCCCCCC(CC(=O)NC(CO)C(O)CCCCCCCCCCCCCCCCCC)OC(=O)CCCCCCCCC/C=C\CCCCCC. The van der Waals surface area contributed by atoms with Gasteiger partial charge in [-0.25, -0.2) is 0 Å². The molecule has 0 aromatic rings. The van der Waals surface area contributed by atoms with Crippen LogP contribution in [0.25, 0.3) is 0 Å². The first kappa shape index (κ1) is 61.8. The Morgan fingerprint density at radius 3 is 1.31 bits per heavy atom. The summed E-state index contributed by atoms with van der Waals surface area (Å²) in [5.41, 5.74) is 0. The third kappa shape index (κ3) is 46.4. The van der Waals surface area contributed by atoms with Crippen molar-refractivity contribution in [3.63, 3.8) is 0 Å². The number of ether oxygens (including phenoxy) is 1. The van der Waals surface area contributed by atoms with Gasteiger partial charge in [-0.2, -0.15) is 0 Å². The third-order valence-corrected chi connectivity index (χ3v) is 12.6. The van der Waals surface area contributed by atoms with Crippen LogP contribution in [0.3, 0.4) is 0 Å². The van der Waals surface area contributed by atoms with Crippen molar-refractivity contribution in [2.45, 2.75) is 302 Å². The van der Waals surface area contributed by atoms with Crippen LogP contribution in [-0.4, -0.2) is 46.9 Å². The largest absolute Gasteiger partial charge is 0.462 e. The van der Waals surface area contributed by atoms with E-state index in [0.29, 0.717) is 19.3 Å². The Bertz CT molecular complexity index is 1100. The first-order valence-electron chi connectivity index (χ1n) is 27.9. The second-order valence-electron chi connectivity index (χ2n) is 19.0. The van der Waals surface area contributed by atoms with Crippen LogP contribution in [0.4, 0.5) is 0 Å². The molecule has 0 aliphatic rings. The summed E-state index contributed by atoms with van der Waals surface area (Å²) in [4.78, 5) is 26.2. The molecule has 0 aromatic heterocycles. The Kier molecular flexibility index (Phi) is 50.0. The van der Waals surface area contributed by atoms with Crippen LogP contribution in [0, 0.1) is 0 Å². The van der Waals surface area contributed by atoms with E-state index in [0.717, 1.165) is 89.9 Å². The van der Waals surface area contributed by atoms with E-state index < -0.39 is 18.2 Å². The van der Waals surface area contributed by atoms with Gasteiger partial charge in [0.15, 0.2) is 0 Å². The molecule has 0 aliphatic carbocycles. The van der Waals surface area contributed by atoms with E-state index in [1.54, 1.807) is 0 Å². The number of carbonyl (C=O) groups is 2. The second-order valence-corrected chi connectivity index (χ2v) is 19.0. The van der Waals surface area contributed by atoms with Crippen LogP contribution in [0.15, 0.2) is 48.6 Å². The predicted octanol–water partition coefficient (Wildman–Crippen LogP) is 17.0. The van der Waals surface area contributed by atoms with Gasteiger partial charge in [-0.1, -0.05) is 236 Å². The number of esters is 1. The molecule has 0 saturated carbocycles. The van der Waals surface area contributed by atoms with Crippen molar-refractivity contribution < 1.29 is 24.5 Å². The summed E-state index contributed by atoms with van der Waals surface area (Å²) in [5.74, 6) is -0.493. The summed E-state index contributed by atoms with van der Waals surface area (Å²) in [7, 11) is 0. The lowest BCUT2D eigenvalue weighted by Crippen LogP contribution is -2.46. The van der Waals surface area contributed by atoms with Crippen molar-refractivity contribution >= 4 is 11.9 Å². The van der Waals surface area contributed by atoms with Crippen LogP contribution in [-0.2, 0) is 14.3 Å². The van der Waals surface area contributed by atoms with Gasteiger partial charge in [0.2, 0.25) is 5.91 Å². The second kappa shape index (κ2) is 51.8. The van der Waals surface area contributed by atoms with Crippen molar-refractivity contribution in [2.75, 3.05) is 6.61 Å². The van der Waals surface area contributed by atoms with Crippen molar-refractivity contribution in [2.24, 2.45) is 0 Å². The average Bonchev–Trinajstić information content (AvgIpc) is 3.29. The minimum atomic E-state index is -0.795. The fourth-order valence-electron chi connectivity index (χ4n) is 8.44. The molecular formula is C58H107NO5. The van der Waals surface area contributed by atoms with E-state index >= 15 is 0 Å². The average molecular weight is 898 g/mol. The lowest BCUT2D eigenvalue weighted by atomic mass is 10.0. The maximum absolute atomic E-state index is 13.2. The van der Waals surface area contributed by atoms with Gasteiger partial charge >= 0.3 is 5.97 Å². The molecule has 0 rings (SSSR count). The number of carbonyl (C=O) groups excluding carboxylic acids is 2. The maximum Gasteiger partial charge on any atom is 0.306 e. The molecule has 0 spiro atoms. The first-order chi connectivity index (χ1) is 31.5. The van der Waals surface area contributed by atoms with Crippen molar-refractivity contribution in [3.8, 4) is 0 Å². The van der Waals surface area contributed by atoms with Gasteiger partial charge in [0.05, 0.1) is 25.2 Å². The Morgan fingerprint density at radius 1 is 0.469 bits per heavy atom. The van der Waals surface area contributed by atoms with Gasteiger partial charge in [0.25, 0.3) is 0 Å². The summed E-state index contributed by atoms with van der Waals surface area (Å²) in [6, 6.07) is -0.710. The van der Waals surface area contributed by atoms with Crippen LogP contribution < -0.4 is 5.32 Å². The molecule has 0 radical (unpaired) electrons. The molecule has 3 N–H and O–H groups in total. The number of unbranched alkanes of at least 4 members (excludes halogenated alkanes) is 30. The van der Waals surface area contributed by atoms with Gasteiger partial charge in [0.1, 0.15) is 6.10 Å². The van der Waals surface area contributed by atoms with Gasteiger partial charge in [-0.15, -0.1) is 0 Å². The normalized spacial score (nSPS) is 13.5. The standard InChI is InChI=1S/C58H107NO5/c1-4-7-10-13-16-19-22-25-28-30-32-35-38-41-44-47-50-56(61)55(53-60)59-57(62)52-54(49-46-43-40-37-34-31-27-24-21-18-15-12-9-6-3)64-58(63)51-48-45-42-39-36-33-29-26-23-20-17-14-11-8-5-2/h9,12,18,20-21,23,27,31,54-56,60-61H,4-8,10-11,13-17,19,22,24-26,28-30,32-53H2,1-3H3,(H,59,62)/b12-9+,21-18+,23-20-,31-27+. The Hall–Kier alpha value is -2.18. The minimum absolute atomic E-state index is 0.0620. The molecule has 374 valence electrons. The zero-order valence-electron chi connectivity index (χ0n) is 42.7. The molecule has 6 heteroatoms. The van der Waals surface area contributed by atoms with E-state index in [1.165, 1.54) is 148 Å². The third-order valence-electron chi connectivity index (χ3n) is 12.6. The summed E-state index contributed by atoms with van der Waals surface area (Å²) >= 11 is 0. The molecular weight excluding hydrogens is 791 g/mol. The van der Waals surface area contributed by atoms with E-state index in [-0.39, 0.29) is 24.9 Å². The molecule has 0 heterocycles. The molecule has 6 nitrogen and oxygen atoms in total. The highest BCUT2D eigenvalue weighted by atomic mass is 16.5. The van der Waals surface area contributed by atoms with Crippen LogP contribution >= 0.6 is 0 Å². The lowest BCUT2D eigenvalue weighted by Gasteiger charge is -2.24. The Morgan fingerprint density at radius 2 is 0.844 bits per heavy atom. The van der Waals surface area contributed by atoms with Gasteiger partial charge in [-0.3, -0.25) is 9.59 Å². The summed E-state index contributed by atoms with van der Waals surface area (Å²) in [6.07, 6.45) is 63.1. The van der Waals surface area contributed by atoms with Crippen LogP contribution in [0.2, 0.25) is 0 Å². The molecule has 0 aliphatic heterocycles. The van der Waals surface area contributed by atoms with Gasteiger partial charge in [0, 0.05) is 6.42 Å². The molecule has 3 unspecified atom stereocenters. The minimum Gasteiger partial charge on any atom is -0.462 e. The molecule has 0 saturated heterocycles. The van der Waals surface area contributed by atoms with Gasteiger partial charge < -0.3 is 20.3 Å². The molecule has 3 atom stereocenters. The van der Waals surface area contributed by atoms with Crippen LogP contribution in [0.1, 0.15) is 284 Å². The van der Waals surface area contributed by atoms with Crippen molar-refractivity contribution in [1.29, 1.82) is 0 Å². The van der Waals surface area contributed by atoms with E-state index in [2.05, 4.69) is 74.7 Å².